The number of amides is 1. The first-order valence-corrected chi connectivity index (χ1v) is 6.57. The predicted octanol–water partition coefficient (Wildman–Crippen LogP) is 0.694. The molecule has 0 saturated carbocycles. The second-order valence-electron chi connectivity index (χ2n) is 4.45. The highest BCUT2D eigenvalue weighted by Crippen LogP contribution is 2.20. The lowest BCUT2D eigenvalue weighted by molar-refractivity contribution is -0.118. The fraction of sp³-hybridized carbons (Fsp3) is 0.385. The van der Waals surface area contributed by atoms with Crippen LogP contribution in [-0.4, -0.2) is 45.9 Å². The van der Waals surface area contributed by atoms with Crippen molar-refractivity contribution in [1.29, 1.82) is 0 Å². The van der Waals surface area contributed by atoms with Gasteiger partial charge in [-0.25, -0.2) is 4.68 Å². The van der Waals surface area contributed by atoms with Crippen molar-refractivity contribution in [3.63, 3.8) is 0 Å². The largest absolute Gasteiger partial charge is 0.383 e. The molecule has 2 aromatic rings. The highest BCUT2D eigenvalue weighted by Gasteiger charge is 2.14. The zero-order valence-corrected chi connectivity index (χ0v) is 13.2. The first kappa shape index (κ1) is 18.0. The maximum Gasteiger partial charge on any atom is 0.243 e. The number of nitrogens with one attached hydrogen (secondary N) is 1. The summed E-state index contributed by atoms with van der Waals surface area (Å²) < 4.78 is 6.54. The maximum atomic E-state index is 11.9. The van der Waals surface area contributed by atoms with Crippen LogP contribution in [0.3, 0.4) is 0 Å². The van der Waals surface area contributed by atoms with Gasteiger partial charge in [-0.2, -0.15) is 0 Å². The normalized spacial score (nSPS) is 11.6. The van der Waals surface area contributed by atoms with Gasteiger partial charge in [0, 0.05) is 24.9 Å². The number of nitrogens with two attached hydrogens (primary N) is 1. The van der Waals surface area contributed by atoms with E-state index >= 15 is 0 Å². The van der Waals surface area contributed by atoms with E-state index < -0.39 is 6.04 Å². The van der Waals surface area contributed by atoms with Gasteiger partial charge in [0.25, 0.3) is 0 Å². The minimum absolute atomic E-state index is 0. The highest BCUT2D eigenvalue weighted by molar-refractivity contribution is 5.95. The number of anilines is 1. The van der Waals surface area contributed by atoms with Crippen molar-refractivity contribution in [3.8, 4) is 11.4 Å². The topological polar surface area (TPSA) is 108 Å². The number of ether oxygens (including phenoxy) is 1. The maximum absolute atomic E-state index is 11.9. The molecule has 0 fully saturated rings. The molecule has 1 unspecified atom stereocenters. The molecule has 120 valence electrons. The van der Waals surface area contributed by atoms with Crippen LogP contribution in [0.1, 0.15) is 6.92 Å². The number of rotatable bonds is 6. The molecule has 1 amide bonds. The van der Waals surface area contributed by atoms with Crippen LogP contribution in [-0.2, 0) is 16.1 Å². The highest BCUT2D eigenvalue weighted by atomic mass is 35.5. The van der Waals surface area contributed by atoms with Gasteiger partial charge in [-0.05, 0) is 29.5 Å². The molecule has 0 aliphatic carbocycles. The van der Waals surface area contributed by atoms with Crippen LogP contribution in [0.5, 0.6) is 0 Å². The Kier molecular flexibility index (Phi) is 6.90. The van der Waals surface area contributed by atoms with Gasteiger partial charge < -0.3 is 15.8 Å². The molecule has 22 heavy (non-hydrogen) atoms. The van der Waals surface area contributed by atoms with Crippen molar-refractivity contribution in [1.82, 2.24) is 20.2 Å². The molecule has 9 heteroatoms. The molecule has 2 rings (SSSR count). The lowest BCUT2D eigenvalue weighted by Crippen LogP contribution is -2.39. The van der Waals surface area contributed by atoms with Crippen molar-refractivity contribution >= 4 is 24.0 Å². The summed E-state index contributed by atoms with van der Waals surface area (Å²) in [5.74, 6) is 0.346. The predicted molar refractivity (Wildman–Crippen MR) is 84.7 cm³/mol. The molecule has 0 saturated heterocycles. The van der Waals surface area contributed by atoms with Gasteiger partial charge in [-0.15, -0.1) is 17.5 Å². The van der Waals surface area contributed by atoms with E-state index in [1.165, 1.54) is 7.11 Å². The lowest BCUT2D eigenvalue weighted by atomic mass is 10.2. The molecule has 1 heterocycles. The Morgan fingerprint density at radius 3 is 2.95 bits per heavy atom. The molecular formula is C13H19ClN6O2. The van der Waals surface area contributed by atoms with Crippen LogP contribution in [0.25, 0.3) is 11.4 Å². The number of hydrogen-bond acceptors (Lipinski definition) is 6. The quantitative estimate of drug-likeness (QED) is 0.808. The van der Waals surface area contributed by atoms with E-state index in [-0.39, 0.29) is 24.9 Å². The molecule has 0 aliphatic rings. The van der Waals surface area contributed by atoms with E-state index in [9.17, 15) is 4.79 Å². The van der Waals surface area contributed by atoms with E-state index in [1.54, 1.807) is 16.8 Å². The molecule has 8 nitrogen and oxygen atoms in total. The van der Waals surface area contributed by atoms with E-state index in [0.29, 0.717) is 18.1 Å². The third-order valence-electron chi connectivity index (χ3n) is 2.90. The van der Waals surface area contributed by atoms with Crippen LogP contribution in [0.4, 0.5) is 5.69 Å². The van der Waals surface area contributed by atoms with E-state index in [2.05, 4.69) is 20.8 Å². The van der Waals surface area contributed by atoms with Crippen molar-refractivity contribution < 1.29 is 9.53 Å². The lowest BCUT2D eigenvalue weighted by Gasteiger charge is -2.12. The Hall–Kier alpha value is -2.03. The molecule has 0 bridgehead atoms. The molecule has 1 aromatic heterocycles. The number of halogens is 1. The van der Waals surface area contributed by atoms with Gasteiger partial charge >= 0.3 is 0 Å². The molecular weight excluding hydrogens is 308 g/mol. The van der Waals surface area contributed by atoms with E-state index in [4.69, 9.17) is 10.5 Å². The zero-order chi connectivity index (χ0) is 15.2. The fourth-order valence-corrected chi connectivity index (χ4v) is 1.85. The first-order valence-electron chi connectivity index (χ1n) is 6.57. The van der Waals surface area contributed by atoms with E-state index in [1.807, 2.05) is 19.1 Å². The number of nitrogens with zero attached hydrogens (tertiary/aromatic N) is 4. The Balaban J connectivity index is 0.00000242. The summed E-state index contributed by atoms with van der Waals surface area (Å²) in [6, 6.07) is 6.57. The molecule has 0 aliphatic heterocycles. The number of tetrazole rings is 1. The monoisotopic (exact) mass is 326 g/mol. The van der Waals surface area contributed by atoms with Gasteiger partial charge in [0.15, 0.2) is 5.82 Å². The fourth-order valence-electron chi connectivity index (χ4n) is 1.85. The number of benzene rings is 1. The van der Waals surface area contributed by atoms with Crippen LogP contribution < -0.4 is 11.1 Å². The summed E-state index contributed by atoms with van der Waals surface area (Å²) in [5, 5.41) is 14.3. The van der Waals surface area contributed by atoms with Gasteiger partial charge in [-0.3, -0.25) is 4.79 Å². The number of aryl methyl sites for hydroxylation is 1. The van der Waals surface area contributed by atoms with Crippen LogP contribution in [0, 0.1) is 0 Å². The van der Waals surface area contributed by atoms with Crippen molar-refractivity contribution in [2.45, 2.75) is 19.5 Å². The van der Waals surface area contributed by atoms with Crippen LogP contribution in [0.15, 0.2) is 24.3 Å². The Bertz CT molecular complexity index is 618. The SMILES string of the molecule is CCn1nnnc1-c1cccc(NC(=O)C(N)COC)c1.Cl. The van der Waals surface area contributed by atoms with E-state index in [0.717, 1.165) is 5.56 Å². The van der Waals surface area contributed by atoms with Crippen molar-refractivity contribution in [3.05, 3.63) is 24.3 Å². The molecule has 1 atom stereocenters. The molecule has 3 N–H and O–H groups in total. The summed E-state index contributed by atoms with van der Waals surface area (Å²) >= 11 is 0. The second kappa shape index (κ2) is 8.42. The smallest absolute Gasteiger partial charge is 0.243 e. The number of methoxy groups -OCH3 is 1. The number of carbonyl (C=O) groups excluding carboxylic acids is 1. The van der Waals surface area contributed by atoms with Gasteiger partial charge in [0.1, 0.15) is 6.04 Å². The zero-order valence-electron chi connectivity index (χ0n) is 12.4. The average molecular weight is 327 g/mol. The summed E-state index contributed by atoms with van der Waals surface area (Å²) in [5.41, 5.74) is 7.13. The standard InChI is InChI=1S/C13H18N6O2.ClH/c1-3-19-12(16-17-18-19)9-5-4-6-10(7-9)15-13(20)11(14)8-21-2;/h4-7,11H,3,8,14H2,1-2H3,(H,15,20);1H. The van der Waals surface area contributed by atoms with Gasteiger partial charge in [0.05, 0.1) is 6.61 Å². The Labute approximate surface area is 134 Å². The summed E-state index contributed by atoms with van der Waals surface area (Å²) in [6.07, 6.45) is 0. The number of hydrogen-bond donors (Lipinski definition) is 2. The molecule has 0 radical (unpaired) electrons. The van der Waals surface area contributed by atoms with Crippen LogP contribution in [0.2, 0.25) is 0 Å². The summed E-state index contributed by atoms with van der Waals surface area (Å²) in [7, 11) is 1.50. The minimum atomic E-state index is -0.709. The van der Waals surface area contributed by atoms with Crippen LogP contribution >= 0.6 is 12.4 Å². The number of aromatic nitrogens is 4. The second-order valence-corrected chi connectivity index (χ2v) is 4.45. The average Bonchev–Trinajstić information content (AvgIpc) is 2.96. The van der Waals surface area contributed by atoms with Crippen molar-refractivity contribution in [2.75, 3.05) is 19.0 Å². The number of carbonyl (C=O) groups is 1. The third kappa shape index (κ3) is 4.23. The minimum Gasteiger partial charge on any atom is -0.383 e. The van der Waals surface area contributed by atoms with Gasteiger partial charge in [0.2, 0.25) is 5.91 Å². The van der Waals surface area contributed by atoms with Crippen molar-refractivity contribution in [2.24, 2.45) is 5.73 Å². The Morgan fingerprint density at radius 1 is 1.50 bits per heavy atom. The summed E-state index contributed by atoms with van der Waals surface area (Å²) in [6.45, 7) is 2.78. The molecule has 0 spiro atoms. The first-order chi connectivity index (χ1) is 10.2. The summed E-state index contributed by atoms with van der Waals surface area (Å²) in [4.78, 5) is 11.9. The third-order valence-corrected chi connectivity index (χ3v) is 2.90. The Morgan fingerprint density at radius 2 is 2.27 bits per heavy atom. The van der Waals surface area contributed by atoms with Gasteiger partial charge in [-0.1, -0.05) is 12.1 Å². The molecule has 1 aromatic carbocycles.